The molecule has 2 fully saturated rings. The fourth-order valence-corrected chi connectivity index (χ4v) is 3.41. The Kier molecular flexibility index (Phi) is 2.02. The number of fused-ring (bicyclic) bond motifs is 2. The summed E-state index contributed by atoms with van der Waals surface area (Å²) in [5, 5.41) is 11.1. The van der Waals surface area contributed by atoms with Crippen LogP contribution in [0.5, 0.6) is 0 Å². The van der Waals surface area contributed by atoms with Crippen LogP contribution in [0, 0.1) is 11.3 Å². The lowest BCUT2D eigenvalue weighted by Crippen LogP contribution is -2.32. The molecule has 1 heterocycles. The quantitative estimate of drug-likeness (QED) is 0.835. The minimum absolute atomic E-state index is 0.0731. The van der Waals surface area contributed by atoms with E-state index >= 15 is 0 Å². The first-order valence-electron chi connectivity index (χ1n) is 5.36. The largest absolute Gasteiger partial charge is 0.300 e. The molecule has 0 atom stereocenters. The van der Waals surface area contributed by atoms with E-state index in [1.807, 2.05) is 0 Å². The molecule has 2 bridgehead atoms. The van der Waals surface area contributed by atoms with E-state index in [1.54, 1.807) is 5.51 Å². The van der Waals surface area contributed by atoms with Crippen LogP contribution in [0.15, 0.2) is 5.51 Å². The van der Waals surface area contributed by atoms with Crippen LogP contribution in [0.3, 0.4) is 0 Å². The summed E-state index contributed by atoms with van der Waals surface area (Å²) in [5.74, 6) is 0.962. The molecule has 15 heavy (non-hydrogen) atoms. The number of hydrogen-bond donors (Lipinski definition) is 1. The van der Waals surface area contributed by atoms with Crippen molar-refractivity contribution in [2.75, 3.05) is 5.32 Å². The second kappa shape index (κ2) is 3.27. The van der Waals surface area contributed by atoms with Gasteiger partial charge in [0, 0.05) is 5.41 Å². The Morgan fingerprint density at radius 3 is 2.87 bits per heavy atom. The second-order valence-electron chi connectivity index (χ2n) is 4.63. The van der Waals surface area contributed by atoms with Crippen LogP contribution < -0.4 is 5.32 Å². The summed E-state index contributed by atoms with van der Waals surface area (Å²) in [5.41, 5.74) is 1.57. The van der Waals surface area contributed by atoms with E-state index < -0.39 is 0 Å². The smallest absolute Gasteiger partial charge is 0.232 e. The number of nitrogens with one attached hydrogen (secondary N) is 1. The molecule has 0 saturated heterocycles. The number of amides is 1. The Labute approximate surface area is 92.1 Å². The average molecular weight is 223 g/mol. The highest BCUT2D eigenvalue weighted by Crippen LogP contribution is 2.54. The number of nitrogens with zero attached hydrogens (tertiary/aromatic N) is 2. The van der Waals surface area contributed by atoms with Crippen molar-refractivity contribution in [3.63, 3.8) is 0 Å². The summed E-state index contributed by atoms with van der Waals surface area (Å²) >= 11 is 1.38. The third-order valence-corrected chi connectivity index (χ3v) is 4.41. The van der Waals surface area contributed by atoms with Gasteiger partial charge in [-0.2, -0.15) is 0 Å². The number of anilines is 1. The lowest BCUT2D eigenvalue weighted by Gasteiger charge is -2.24. The number of carbonyl (C=O) groups excluding carboxylic acids is 1. The van der Waals surface area contributed by atoms with Crippen molar-refractivity contribution in [3.05, 3.63) is 5.51 Å². The van der Waals surface area contributed by atoms with Crippen LogP contribution in [0.25, 0.3) is 0 Å². The van der Waals surface area contributed by atoms with E-state index in [4.69, 9.17) is 0 Å². The molecule has 0 aliphatic heterocycles. The highest BCUT2D eigenvalue weighted by molar-refractivity contribution is 7.13. The number of rotatable bonds is 2. The molecule has 0 aromatic carbocycles. The van der Waals surface area contributed by atoms with E-state index in [-0.39, 0.29) is 11.3 Å². The second-order valence-corrected chi connectivity index (χ2v) is 5.46. The molecule has 0 radical (unpaired) electrons. The predicted octanol–water partition coefficient (Wildman–Crippen LogP) is 2.06. The van der Waals surface area contributed by atoms with Gasteiger partial charge in [0.25, 0.3) is 0 Å². The average Bonchev–Trinajstić information content (AvgIpc) is 2.93. The standard InChI is InChI=1S/C10H13N3OS/c14-8(12-9-13-11-6-15-9)10-3-1-7(5-10)2-4-10/h6-7H,1-5H2,(H,12,13,14). The minimum Gasteiger partial charge on any atom is -0.300 e. The van der Waals surface area contributed by atoms with Crippen LogP contribution in [0.1, 0.15) is 32.1 Å². The highest BCUT2D eigenvalue weighted by Gasteiger charge is 2.50. The van der Waals surface area contributed by atoms with Crippen LogP contribution in [0.2, 0.25) is 0 Å². The molecule has 1 aromatic heterocycles. The Hall–Kier alpha value is -0.970. The van der Waals surface area contributed by atoms with Crippen molar-refractivity contribution in [1.82, 2.24) is 10.2 Å². The van der Waals surface area contributed by atoms with Crippen molar-refractivity contribution in [1.29, 1.82) is 0 Å². The molecule has 80 valence electrons. The predicted molar refractivity (Wildman–Crippen MR) is 57.5 cm³/mol. The molecule has 4 nitrogen and oxygen atoms in total. The third-order valence-electron chi connectivity index (χ3n) is 3.80. The highest BCUT2D eigenvalue weighted by atomic mass is 32.1. The molecule has 0 unspecified atom stereocenters. The summed E-state index contributed by atoms with van der Waals surface area (Å²) in [6.45, 7) is 0. The van der Waals surface area contributed by atoms with Gasteiger partial charge in [0.05, 0.1) is 0 Å². The first kappa shape index (κ1) is 9.27. The molecule has 2 aliphatic carbocycles. The summed E-state index contributed by atoms with van der Waals surface area (Å²) < 4.78 is 0. The Morgan fingerprint density at radius 2 is 2.33 bits per heavy atom. The number of aromatic nitrogens is 2. The fourth-order valence-electron chi connectivity index (χ4n) is 2.97. The van der Waals surface area contributed by atoms with Crippen molar-refractivity contribution in [3.8, 4) is 0 Å². The molecular weight excluding hydrogens is 210 g/mol. The van der Waals surface area contributed by atoms with Gasteiger partial charge in [0.2, 0.25) is 11.0 Å². The zero-order chi connectivity index (χ0) is 10.3. The molecule has 3 rings (SSSR count). The third kappa shape index (κ3) is 1.45. The van der Waals surface area contributed by atoms with Crippen LogP contribution in [-0.2, 0) is 4.79 Å². The van der Waals surface area contributed by atoms with E-state index in [9.17, 15) is 4.79 Å². The first-order chi connectivity index (χ1) is 7.28. The van der Waals surface area contributed by atoms with E-state index in [0.717, 1.165) is 25.2 Å². The van der Waals surface area contributed by atoms with Gasteiger partial charge in [-0.25, -0.2) is 0 Å². The Balaban J connectivity index is 1.75. The van der Waals surface area contributed by atoms with E-state index in [2.05, 4.69) is 15.5 Å². The zero-order valence-corrected chi connectivity index (χ0v) is 9.22. The van der Waals surface area contributed by atoms with Gasteiger partial charge in [-0.1, -0.05) is 11.3 Å². The molecule has 2 aliphatic rings. The first-order valence-corrected chi connectivity index (χ1v) is 6.24. The Morgan fingerprint density at radius 1 is 1.53 bits per heavy atom. The van der Waals surface area contributed by atoms with Crippen molar-refractivity contribution < 1.29 is 4.79 Å². The molecule has 2 saturated carbocycles. The number of hydrogen-bond acceptors (Lipinski definition) is 4. The molecule has 1 aromatic rings. The Bertz CT molecular complexity index is 368. The lowest BCUT2D eigenvalue weighted by molar-refractivity contribution is -0.125. The summed E-state index contributed by atoms with van der Waals surface area (Å²) in [6, 6.07) is 0. The maximum atomic E-state index is 12.1. The van der Waals surface area contributed by atoms with Gasteiger partial charge >= 0.3 is 0 Å². The lowest BCUT2D eigenvalue weighted by atomic mass is 9.83. The SMILES string of the molecule is O=C(Nc1nncs1)C12CCC(CC1)C2. The minimum atomic E-state index is -0.0731. The van der Waals surface area contributed by atoms with Gasteiger partial charge in [0.15, 0.2) is 0 Å². The van der Waals surface area contributed by atoms with Crippen molar-refractivity contribution >= 4 is 22.4 Å². The van der Waals surface area contributed by atoms with Crippen molar-refractivity contribution in [2.24, 2.45) is 11.3 Å². The molecule has 1 amide bonds. The monoisotopic (exact) mass is 223 g/mol. The molecular formula is C10H13N3OS. The van der Waals surface area contributed by atoms with Crippen LogP contribution >= 0.6 is 11.3 Å². The summed E-state index contributed by atoms with van der Waals surface area (Å²) in [4.78, 5) is 12.1. The van der Waals surface area contributed by atoms with Gasteiger partial charge < -0.3 is 5.32 Å². The van der Waals surface area contributed by atoms with Crippen LogP contribution in [-0.4, -0.2) is 16.1 Å². The van der Waals surface area contributed by atoms with Gasteiger partial charge in [-0.05, 0) is 38.0 Å². The van der Waals surface area contributed by atoms with Gasteiger partial charge in [-0.15, -0.1) is 10.2 Å². The van der Waals surface area contributed by atoms with Gasteiger partial charge in [0.1, 0.15) is 5.51 Å². The normalized spacial score (nSPS) is 33.2. The van der Waals surface area contributed by atoms with E-state index in [0.29, 0.717) is 5.13 Å². The zero-order valence-electron chi connectivity index (χ0n) is 8.40. The molecule has 0 spiro atoms. The maximum Gasteiger partial charge on any atom is 0.232 e. The summed E-state index contributed by atoms with van der Waals surface area (Å²) in [6.07, 6.45) is 5.65. The van der Waals surface area contributed by atoms with Crippen molar-refractivity contribution in [2.45, 2.75) is 32.1 Å². The van der Waals surface area contributed by atoms with Crippen LogP contribution in [0.4, 0.5) is 5.13 Å². The molecule has 5 heteroatoms. The topological polar surface area (TPSA) is 54.9 Å². The van der Waals surface area contributed by atoms with Gasteiger partial charge in [-0.3, -0.25) is 4.79 Å². The number of carbonyl (C=O) groups is 1. The maximum absolute atomic E-state index is 12.1. The van der Waals surface area contributed by atoms with E-state index in [1.165, 1.54) is 24.2 Å². The molecule has 1 N–H and O–H groups in total. The summed E-state index contributed by atoms with van der Waals surface area (Å²) in [7, 11) is 0. The fraction of sp³-hybridized carbons (Fsp3) is 0.700.